The summed E-state index contributed by atoms with van der Waals surface area (Å²) in [5, 5.41) is 11.0. The topological polar surface area (TPSA) is 92.2 Å². The van der Waals surface area contributed by atoms with Gasteiger partial charge >= 0.3 is 0 Å². The quantitative estimate of drug-likeness (QED) is 0.416. The summed E-state index contributed by atoms with van der Waals surface area (Å²) in [4.78, 5) is 33.8. The molecule has 1 amide bonds. The highest BCUT2D eigenvalue weighted by Crippen LogP contribution is 2.38. The van der Waals surface area contributed by atoms with Gasteiger partial charge in [-0.1, -0.05) is 6.07 Å². The monoisotopic (exact) mass is 441 g/mol. The molecule has 0 saturated carbocycles. The lowest BCUT2D eigenvalue weighted by atomic mass is 9.98. The number of rotatable bonds is 6. The molecule has 0 radical (unpaired) electrons. The molecule has 2 saturated heterocycles. The zero-order chi connectivity index (χ0) is 22.7. The maximum absolute atomic E-state index is 14.2. The van der Waals surface area contributed by atoms with Gasteiger partial charge in [-0.15, -0.1) is 0 Å². The van der Waals surface area contributed by atoms with E-state index in [1.807, 2.05) is 0 Å². The second-order valence-corrected chi connectivity index (χ2v) is 7.55. The highest BCUT2D eigenvalue weighted by atomic mass is 19.1. The Kier molecular flexibility index (Phi) is 6.48. The van der Waals surface area contributed by atoms with Crippen LogP contribution in [-0.2, 0) is 14.3 Å². The number of benzene rings is 1. The number of ether oxygens (including phenoxy) is 2. The molecule has 1 unspecified atom stereocenters. The number of aromatic nitrogens is 1. The van der Waals surface area contributed by atoms with E-state index >= 15 is 0 Å². The molecule has 0 bridgehead atoms. The third kappa shape index (κ3) is 4.21. The molecular formula is C23H24FN3O5. The fourth-order valence-corrected chi connectivity index (χ4v) is 4.00. The molecule has 2 aliphatic heterocycles. The van der Waals surface area contributed by atoms with Crippen LogP contribution < -0.4 is 4.74 Å². The Bertz CT molecular complexity index is 1040. The van der Waals surface area contributed by atoms with E-state index < -0.39 is 29.3 Å². The molecule has 1 N–H and O–H groups in total. The summed E-state index contributed by atoms with van der Waals surface area (Å²) < 4.78 is 24.5. The molecule has 3 heterocycles. The van der Waals surface area contributed by atoms with Gasteiger partial charge < -0.3 is 19.5 Å². The first-order valence-corrected chi connectivity index (χ1v) is 10.3. The van der Waals surface area contributed by atoms with Crippen LogP contribution >= 0.6 is 0 Å². The van der Waals surface area contributed by atoms with Crippen LogP contribution in [0.25, 0.3) is 5.76 Å². The van der Waals surface area contributed by atoms with Crippen LogP contribution in [0.4, 0.5) is 4.39 Å². The number of carbonyl (C=O) groups is 2. The van der Waals surface area contributed by atoms with Crippen LogP contribution in [0.15, 0.2) is 48.2 Å². The van der Waals surface area contributed by atoms with Gasteiger partial charge in [-0.2, -0.15) is 0 Å². The minimum absolute atomic E-state index is 0.00814. The smallest absolute Gasteiger partial charge is 0.295 e. The van der Waals surface area contributed by atoms with Crippen molar-refractivity contribution in [1.29, 1.82) is 0 Å². The molecular weight excluding hydrogens is 417 g/mol. The molecule has 168 valence electrons. The van der Waals surface area contributed by atoms with E-state index in [1.165, 1.54) is 24.1 Å². The summed E-state index contributed by atoms with van der Waals surface area (Å²) in [7, 11) is 1.33. The van der Waals surface area contributed by atoms with Crippen molar-refractivity contribution >= 4 is 17.4 Å². The molecule has 1 aromatic heterocycles. The number of Topliss-reactive ketones (excluding diaryl/α,β-unsaturated/α-hetero) is 1. The number of morpholine rings is 1. The Morgan fingerprint density at radius 3 is 2.66 bits per heavy atom. The number of amides is 1. The Labute approximate surface area is 184 Å². The molecule has 2 aliphatic rings. The third-order valence-corrected chi connectivity index (χ3v) is 5.69. The van der Waals surface area contributed by atoms with Crippen molar-refractivity contribution < 1.29 is 28.6 Å². The number of ketones is 1. The van der Waals surface area contributed by atoms with E-state index in [2.05, 4.69) is 9.88 Å². The lowest BCUT2D eigenvalue weighted by molar-refractivity contribution is -0.140. The van der Waals surface area contributed by atoms with Gasteiger partial charge in [-0.05, 0) is 30.3 Å². The zero-order valence-corrected chi connectivity index (χ0v) is 17.7. The van der Waals surface area contributed by atoms with Gasteiger partial charge in [-0.25, -0.2) is 4.39 Å². The molecule has 0 aliphatic carbocycles. The summed E-state index contributed by atoms with van der Waals surface area (Å²) in [6.45, 7) is 3.54. The lowest BCUT2D eigenvalue weighted by Gasteiger charge is -2.30. The fraction of sp³-hybridized carbons (Fsp3) is 0.348. The minimum atomic E-state index is -0.873. The first kappa shape index (κ1) is 21.9. The second-order valence-electron chi connectivity index (χ2n) is 7.55. The summed E-state index contributed by atoms with van der Waals surface area (Å²) in [5.41, 5.74) is 0.417. The van der Waals surface area contributed by atoms with Crippen molar-refractivity contribution in [3.05, 3.63) is 65.2 Å². The molecule has 0 spiro atoms. The van der Waals surface area contributed by atoms with E-state index in [-0.39, 0.29) is 23.4 Å². The van der Waals surface area contributed by atoms with E-state index in [0.717, 1.165) is 19.2 Å². The zero-order valence-electron chi connectivity index (χ0n) is 17.7. The molecule has 2 fully saturated rings. The molecule has 4 rings (SSSR count). The highest BCUT2D eigenvalue weighted by molar-refractivity contribution is 6.46. The number of likely N-dealkylation sites (tertiary alicyclic amines) is 1. The van der Waals surface area contributed by atoms with Crippen LogP contribution in [0.3, 0.4) is 0 Å². The van der Waals surface area contributed by atoms with E-state index in [0.29, 0.717) is 25.5 Å². The van der Waals surface area contributed by atoms with Crippen LogP contribution in [0.5, 0.6) is 5.75 Å². The van der Waals surface area contributed by atoms with Gasteiger partial charge in [0.05, 0.1) is 31.6 Å². The van der Waals surface area contributed by atoms with Gasteiger partial charge in [0.15, 0.2) is 11.6 Å². The SMILES string of the molecule is COc1ccc(C(O)=C2C(=O)C(=O)N(CCN3CCOCC3)C2c2ccccn2)cc1F. The number of carbonyl (C=O) groups excluding carboxylic acids is 2. The first-order chi connectivity index (χ1) is 15.5. The van der Waals surface area contributed by atoms with Crippen LogP contribution in [0, 0.1) is 5.82 Å². The average molecular weight is 441 g/mol. The molecule has 8 nitrogen and oxygen atoms in total. The summed E-state index contributed by atoms with van der Waals surface area (Å²) in [5.74, 6) is -2.67. The van der Waals surface area contributed by atoms with Gasteiger partial charge in [0.1, 0.15) is 11.8 Å². The molecule has 1 atom stereocenters. The Hall–Kier alpha value is -3.30. The Balaban J connectivity index is 1.72. The molecule has 2 aromatic rings. The van der Waals surface area contributed by atoms with Crippen LogP contribution in [-0.4, -0.2) is 78.1 Å². The predicted octanol–water partition coefficient (Wildman–Crippen LogP) is 1.98. The number of hydrogen-bond acceptors (Lipinski definition) is 7. The number of pyridine rings is 1. The molecule has 32 heavy (non-hydrogen) atoms. The third-order valence-electron chi connectivity index (χ3n) is 5.69. The number of hydrogen-bond donors (Lipinski definition) is 1. The van der Waals surface area contributed by atoms with E-state index in [1.54, 1.807) is 24.4 Å². The predicted molar refractivity (Wildman–Crippen MR) is 113 cm³/mol. The Morgan fingerprint density at radius 1 is 1.22 bits per heavy atom. The van der Waals surface area contributed by atoms with Crippen molar-refractivity contribution in [2.45, 2.75) is 6.04 Å². The Morgan fingerprint density at radius 2 is 2.00 bits per heavy atom. The van der Waals surface area contributed by atoms with Gasteiger partial charge in [0.2, 0.25) is 0 Å². The van der Waals surface area contributed by atoms with Crippen molar-refractivity contribution in [2.75, 3.05) is 46.5 Å². The summed E-state index contributed by atoms with van der Waals surface area (Å²) in [6, 6.07) is 8.16. The first-order valence-electron chi connectivity index (χ1n) is 10.3. The van der Waals surface area contributed by atoms with Gasteiger partial charge in [-0.3, -0.25) is 19.5 Å². The fourth-order valence-electron chi connectivity index (χ4n) is 4.00. The number of halogens is 1. The van der Waals surface area contributed by atoms with Crippen molar-refractivity contribution in [2.24, 2.45) is 0 Å². The average Bonchev–Trinajstić information content (AvgIpc) is 3.08. The van der Waals surface area contributed by atoms with Crippen LogP contribution in [0.2, 0.25) is 0 Å². The second kappa shape index (κ2) is 9.46. The number of methoxy groups -OCH3 is 1. The van der Waals surface area contributed by atoms with Crippen LogP contribution in [0.1, 0.15) is 17.3 Å². The minimum Gasteiger partial charge on any atom is -0.507 e. The molecule has 9 heteroatoms. The maximum Gasteiger partial charge on any atom is 0.295 e. The normalized spacial score (nSPS) is 21.2. The highest BCUT2D eigenvalue weighted by Gasteiger charge is 2.46. The summed E-state index contributed by atoms with van der Waals surface area (Å²) >= 11 is 0. The maximum atomic E-state index is 14.2. The molecule has 1 aromatic carbocycles. The van der Waals surface area contributed by atoms with E-state index in [9.17, 15) is 19.1 Å². The lowest BCUT2D eigenvalue weighted by Crippen LogP contribution is -2.42. The summed E-state index contributed by atoms with van der Waals surface area (Å²) in [6.07, 6.45) is 1.56. The number of nitrogens with zero attached hydrogens (tertiary/aromatic N) is 3. The van der Waals surface area contributed by atoms with E-state index in [4.69, 9.17) is 9.47 Å². The number of aliphatic hydroxyl groups excluding tert-OH is 1. The van der Waals surface area contributed by atoms with Gasteiger partial charge in [0.25, 0.3) is 11.7 Å². The van der Waals surface area contributed by atoms with Gasteiger partial charge in [0, 0.05) is 37.9 Å². The van der Waals surface area contributed by atoms with Crippen molar-refractivity contribution in [3.8, 4) is 5.75 Å². The number of aliphatic hydroxyl groups is 1. The van der Waals surface area contributed by atoms with Crippen molar-refractivity contribution in [3.63, 3.8) is 0 Å². The van der Waals surface area contributed by atoms with Crippen molar-refractivity contribution in [1.82, 2.24) is 14.8 Å². The standard InChI is InChI=1S/C23H24FN3O5/c1-31-18-6-5-15(14-16(18)24)21(28)19-20(17-4-2-3-7-25-17)27(23(30)22(19)29)9-8-26-10-12-32-13-11-26/h2-7,14,20,28H,8-13H2,1H3. The largest absolute Gasteiger partial charge is 0.507 e.